The zero-order valence-corrected chi connectivity index (χ0v) is 63.1. The summed E-state index contributed by atoms with van der Waals surface area (Å²) in [5.74, 6) is -0.379. The number of fused-ring (bicyclic) bond motifs is 12. The number of H-pyrrole nitrogens is 2. The maximum absolute atomic E-state index is 14.3. The molecular formula is C86H77ClN8O11S3. The summed E-state index contributed by atoms with van der Waals surface area (Å²) in [6.45, 7) is 4.90. The molecule has 0 spiro atoms. The number of piperazine rings is 1. The number of hydrogen-bond donors (Lipinski definition) is 3. The van der Waals surface area contributed by atoms with Gasteiger partial charge in [-0.3, -0.25) is 28.6 Å². The predicted molar refractivity (Wildman–Crippen MR) is 432 cm³/mol. The average Bonchev–Trinajstić information content (AvgIpc) is 1.54. The van der Waals surface area contributed by atoms with Crippen LogP contribution in [0, 0.1) is 6.92 Å². The van der Waals surface area contributed by atoms with Gasteiger partial charge in [0.25, 0.3) is 10.0 Å². The molecule has 1 saturated heterocycles. The number of aromatic amines is 2. The van der Waals surface area contributed by atoms with Crippen LogP contribution < -0.4 is 13.4 Å². The van der Waals surface area contributed by atoms with Crippen molar-refractivity contribution in [3.63, 3.8) is 0 Å². The Kier molecular flexibility index (Phi) is 21.8. The minimum Gasteiger partial charge on any atom is -0.394 e. The molecule has 16 rings (SSSR count). The van der Waals surface area contributed by atoms with Crippen molar-refractivity contribution in [2.75, 3.05) is 69.2 Å². The molecule has 552 valence electrons. The summed E-state index contributed by atoms with van der Waals surface area (Å²) in [4.78, 5) is 57.1. The second kappa shape index (κ2) is 31.8. The Hall–Kier alpha value is -11.3. The lowest BCUT2D eigenvalue weighted by Gasteiger charge is -2.39. The van der Waals surface area contributed by atoms with Gasteiger partial charge < -0.3 is 29.1 Å². The number of hydrogen-bond acceptors (Lipinski definition) is 14. The molecule has 1 aliphatic carbocycles. The second-order valence-corrected chi connectivity index (χ2v) is 32.7. The molecule has 2 aliphatic rings. The zero-order chi connectivity index (χ0) is 76.1. The lowest BCUT2D eigenvalue weighted by molar-refractivity contribution is -0.135. The molecule has 1 atom stereocenters. The van der Waals surface area contributed by atoms with E-state index in [9.17, 15) is 44.7 Å². The molecule has 0 saturated carbocycles. The van der Waals surface area contributed by atoms with E-state index in [-0.39, 0.29) is 63.9 Å². The van der Waals surface area contributed by atoms with Gasteiger partial charge in [0.15, 0.2) is 11.6 Å². The lowest BCUT2D eigenvalue weighted by atomic mass is 9.97. The standard InChI is InChI=1S/C39H36N4O6S2.C26H29ClN2O3S.C21H12N2O2/c1-41(50(45,46)37-15-8-11-31-28-40-22-21-35(31)37)36(39(44)43-25-23-42(24-26-43)32-12-3-2-4-13-32)27-29-17-19-33(20-18-29)49-51(47,48)38-16-7-10-30-9-5-6-14-34(30)38;1-21-9-15-25(16-10-21)33(31,32)29(18-19-30)26-8-4-3-7-23(26)20-28(2)17-5-6-22-11-13-24(27)14-12-22;24-14-9-15(25)19-17-11-6-2-4-8-13(11)23-21(17)20-16(18(14)19)10-5-1-3-7-12(10)22-20/h2-22,28,36H,23-27H2,1H3;3-16,30H,17-20H2,1-2H3;1-8,22-23H,9H2/b;6-5+;/t36-;;/m0../s1. The van der Waals surface area contributed by atoms with Crippen molar-refractivity contribution in [2.24, 2.45) is 0 Å². The third-order valence-corrected chi connectivity index (χ3v) is 25.1. The van der Waals surface area contributed by atoms with Crippen LogP contribution in [0.3, 0.4) is 0 Å². The first-order valence-electron chi connectivity index (χ1n) is 35.5. The van der Waals surface area contributed by atoms with Gasteiger partial charge in [-0.15, -0.1) is 0 Å². The molecule has 3 aromatic heterocycles. The quantitative estimate of drug-likeness (QED) is 0.0475. The van der Waals surface area contributed by atoms with Crippen molar-refractivity contribution >= 4 is 142 Å². The molecule has 14 aromatic rings. The van der Waals surface area contributed by atoms with Gasteiger partial charge in [0, 0.05) is 129 Å². The van der Waals surface area contributed by atoms with Crippen LogP contribution in [-0.4, -0.2) is 143 Å². The molecule has 23 heteroatoms. The minimum absolute atomic E-state index is 0.0204. The number of pyridine rings is 1. The highest BCUT2D eigenvalue weighted by atomic mass is 35.5. The maximum atomic E-state index is 14.3. The fourth-order valence-electron chi connectivity index (χ4n) is 14.3. The number of anilines is 2. The number of nitrogens with zero attached hydrogens (tertiary/aromatic N) is 6. The molecule has 1 fully saturated rings. The number of nitrogens with one attached hydrogen (secondary N) is 2. The number of sulfonamides is 2. The number of likely N-dealkylation sites (N-methyl/N-ethyl adjacent to an activating group) is 2. The van der Waals surface area contributed by atoms with E-state index in [0.29, 0.717) is 82.8 Å². The van der Waals surface area contributed by atoms with Crippen LogP contribution in [0.25, 0.3) is 71.2 Å². The average molecular weight is 1530 g/mol. The Balaban J connectivity index is 0.000000146. The number of benzene rings is 11. The van der Waals surface area contributed by atoms with Crippen LogP contribution in [0.2, 0.25) is 5.02 Å². The van der Waals surface area contributed by atoms with Crippen LogP contribution in [0.4, 0.5) is 11.4 Å². The third kappa shape index (κ3) is 15.6. The number of aromatic nitrogens is 3. The van der Waals surface area contributed by atoms with E-state index in [0.717, 1.165) is 75.7 Å². The Morgan fingerprint density at radius 3 is 1.83 bits per heavy atom. The number of carbonyl (C=O) groups excluding carboxylic acids is 3. The SMILES string of the molecule is CN([C@@H](Cc1ccc(OS(=O)(=O)c2cccc3ccccc23)cc1)C(=O)N1CCN(c2ccccc2)CC1)S(=O)(=O)c1cccc2cnccc12.Cc1ccc(S(=O)(=O)N(CCO)c2ccccc2CN(C)C/C=C/c2ccc(Cl)cc2)cc1.O=C1CC(=O)c2c1c1c3ccccc3[nH]c1c1[nH]c3ccccc3c21. The van der Waals surface area contributed by atoms with Crippen molar-refractivity contribution < 1.29 is 48.9 Å². The Morgan fingerprint density at radius 2 is 1.17 bits per heavy atom. The van der Waals surface area contributed by atoms with Crippen molar-refractivity contribution in [2.45, 2.75) is 47.0 Å². The monoisotopic (exact) mass is 1530 g/mol. The highest BCUT2D eigenvalue weighted by Crippen LogP contribution is 2.44. The van der Waals surface area contributed by atoms with Gasteiger partial charge >= 0.3 is 10.1 Å². The van der Waals surface area contributed by atoms with E-state index in [1.54, 1.807) is 96.2 Å². The first kappa shape index (κ1) is 74.5. The molecule has 4 heterocycles. The molecule has 3 N–H and O–H groups in total. The molecule has 0 radical (unpaired) electrons. The number of carbonyl (C=O) groups is 3. The number of halogens is 1. The molecular weight excluding hydrogens is 1450 g/mol. The molecule has 0 unspecified atom stereocenters. The summed E-state index contributed by atoms with van der Waals surface area (Å²) < 4.78 is 90.0. The number of aliphatic hydroxyl groups excluding tert-OH is 1. The summed E-state index contributed by atoms with van der Waals surface area (Å²) in [5, 5.41) is 16.5. The predicted octanol–water partition coefficient (Wildman–Crippen LogP) is 15.4. The fraction of sp³-hybridized carbons (Fsp3) is 0.163. The molecule has 19 nitrogen and oxygen atoms in total. The largest absolute Gasteiger partial charge is 0.394 e. The highest BCUT2D eigenvalue weighted by molar-refractivity contribution is 7.92. The van der Waals surface area contributed by atoms with Gasteiger partial charge in [0.2, 0.25) is 15.9 Å². The van der Waals surface area contributed by atoms with Gasteiger partial charge in [-0.2, -0.15) is 12.7 Å². The van der Waals surface area contributed by atoms with E-state index in [2.05, 4.69) is 30.8 Å². The van der Waals surface area contributed by atoms with E-state index in [1.807, 2.05) is 160 Å². The van der Waals surface area contributed by atoms with E-state index in [4.69, 9.17) is 15.8 Å². The molecule has 1 aliphatic heterocycles. The number of Topliss-reactive ketones (excluding diaryl/α,β-unsaturated/α-hetero) is 2. The summed E-state index contributed by atoms with van der Waals surface area (Å²) in [7, 11) is -8.73. The number of aryl methyl sites for hydroxylation is 1. The van der Waals surface area contributed by atoms with Crippen molar-refractivity contribution in [3.05, 3.63) is 300 Å². The second-order valence-electron chi connectivity index (χ2n) is 26.9. The number of ketones is 2. The number of para-hydroxylation sites is 4. The van der Waals surface area contributed by atoms with Gasteiger partial charge in [0.05, 0.1) is 46.1 Å². The van der Waals surface area contributed by atoms with Gasteiger partial charge in [-0.05, 0) is 127 Å². The molecule has 11 aromatic carbocycles. The summed E-state index contributed by atoms with van der Waals surface area (Å²) in [6.07, 6.45) is 7.24. The normalized spacial score (nSPS) is 13.7. The van der Waals surface area contributed by atoms with Crippen LogP contribution in [-0.2, 0) is 47.9 Å². The Bertz CT molecular complexity index is 6040. The number of amides is 1. The Morgan fingerprint density at radius 1 is 0.606 bits per heavy atom. The van der Waals surface area contributed by atoms with Gasteiger partial charge in [-0.1, -0.05) is 187 Å². The van der Waals surface area contributed by atoms with E-state index in [1.165, 1.54) is 35.6 Å². The van der Waals surface area contributed by atoms with Crippen LogP contribution in [0.5, 0.6) is 5.75 Å². The van der Waals surface area contributed by atoms with E-state index >= 15 is 0 Å². The fourth-order valence-corrected chi connectivity index (χ4v) is 18.6. The van der Waals surface area contributed by atoms with Gasteiger partial charge in [0.1, 0.15) is 16.7 Å². The first-order chi connectivity index (χ1) is 52.7. The summed E-state index contributed by atoms with van der Waals surface area (Å²) in [6, 6.07) is 71.7. The molecule has 1 amide bonds. The van der Waals surface area contributed by atoms with Gasteiger partial charge in [-0.25, -0.2) is 16.8 Å². The molecule has 109 heavy (non-hydrogen) atoms. The summed E-state index contributed by atoms with van der Waals surface area (Å²) in [5.41, 5.74) is 10.1. The van der Waals surface area contributed by atoms with Crippen molar-refractivity contribution in [1.82, 2.24) is 29.1 Å². The minimum atomic E-state index is -4.17. The smallest absolute Gasteiger partial charge is 0.339 e. The molecule has 0 bridgehead atoms. The lowest BCUT2D eigenvalue weighted by Crippen LogP contribution is -2.56. The van der Waals surface area contributed by atoms with E-state index < -0.39 is 36.2 Å². The number of rotatable bonds is 20. The maximum Gasteiger partial charge on any atom is 0.339 e. The number of aliphatic hydroxyl groups is 1. The van der Waals surface area contributed by atoms with Crippen molar-refractivity contribution in [1.29, 1.82) is 0 Å². The zero-order valence-electron chi connectivity index (χ0n) is 59.9. The van der Waals surface area contributed by atoms with Crippen LogP contribution >= 0.6 is 11.6 Å². The van der Waals surface area contributed by atoms with Crippen LogP contribution in [0.15, 0.2) is 276 Å². The summed E-state index contributed by atoms with van der Waals surface area (Å²) >= 11 is 5.93. The topological polar surface area (TPSA) is 244 Å². The van der Waals surface area contributed by atoms with Crippen LogP contribution in [0.1, 0.15) is 49.4 Å². The van der Waals surface area contributed by atoms with Crippen molar-refractivity contribution in [3.8, 4) is 5.75 Å². The highest BCUT2D eigenvalue weighted by Gasteiger charge is 2.39. The Labute approximate surface area is 637 Å². The first-order valence-corrected chi connectivity index (χ1v) is 40.2. The third-order valence-electron chi connectivity index (χ3n) is 19.8.